The van der Waals surface area contributed by atoms with Gasteiger partial charge in [-0.15, -0.1) is 11.8 Å². The van der Waals surface area contributed by atoms with Crippen LogP contribution in [0.25, 0.3) is 0 Å². The Kier molecular flexibility index (Phi) is 4.07. The van der Waals surface area contributed by atoms with Crippen LogP contribution in [0.1, 0.15) is 24.0 Å². The van der Waals surface area contributed by atoms with Crippen LogP contribution in [0.15, 0.2) is 23.1 Å². The second-order valence-electron chi connectivity index (χ2n) is 4.37. The third-order valence-corrected chi connectivity index (χ3v) is 4.11. The van der Waals surface area contributed by atoms with Gasteiger partial charge in [0.15, 0.2) is 0 Å². The minimum Gasteiger partial charge on any atom is -0.480 e. The molecule has 4 heteroatoms. The van der Waals surface area contributed by atoms with Crippen LogP contribution in [-0.4, -0.2) is 22.9 Å². The molecule has 1 aliphatic rings. The molecule has 2 rings (SSSR count). The van der Waals surface area contributed by atoms with Crippen LogP contribution in [0.5, 0.6) is 0 Å². The molecule has 0 aliphatic heterocycles. The Morgan fingerprint density at radius 3 is 2.94 bits per heavy atom. The van der Waals surface area contributed by atoms with E-state index in [1.54, 1.807) is 11.8 Å². The maximum atomic E-state index is 10.6. The van der Waals surface area contributed by atoms with Crippen molar-refractivity contribution < 1.29 is 9.90 Å². The Hall–Kier alpha value is -1.00. The van der Waals surface area contributed by atoms with Gasteiger partial charge < -0.3 is 10.8 Å². The van der Waals surface area contributed by atoms with Gasteiger partial charge in [-0.25, -0.2) is 0 Å². The van der Waals surface area contributed by atoms with E-state index in [0.717, 1.165) is 5.75 Å². The molecule has 92 valence electrons. The van der Waals surface area contributed by atoms with Gasteiger partial charge in [-0.3, -0.25) is 4.79 Å². The number of hydrogen-bond donors (Lipinski definition) is 2. The minimum absolute atomic E-state index is 0.511. The number of hydrogen-bond acceptors (Lipinski definition) is 3. The fourth-order valence-electron chi connectivity index (χ4n) is 2.07. The maximum absolute atomic E-state index is 10.6. The minimum atomic E-state index is -0.917. The van der Waals surface area contributed by atoms with Crippen molar-refractivity contribution in [2.24, 2.45) is 5.73 Å². The molecule has 0 radical (unpaired) electrons. The van der Waals surface area contributed by atoms with Crippen LogP contribution >= 0.6 is 11.8 Å². The van der Waals surface area contributed by atoms with Gasteiger partial charge in [-0.1, -0.05) is 6.07 Å². The van der Waals surface area contributed by atoms with Crippen molar-refractivity contribution in [3.63, 3.8) is 0 Å². The number of carbonyl (C=O) groups is 1. The zero-order chi connectivity index (χ0) is 12.3. The normalized spacial score (nSPS) is 15.6. The van der Waals surface area contributed by atoms with E-state index in [-0.39, 0.29) is 0 Å². The fraction of sp³-hybridized carbons (Fsp3) is 0.462. The second kappa shape index (κ2) is 5.56. The predicted molar refractivity (Wildman–Crippen MR) is 69.4 cm³/mol. The van der Waals surface area contributed by atoms with E-state index in [0.29, 0.717) is 6.42 Å². The summed E-state index contributed by atoms with van der Waals surface area (Å²) in [6, 6.07) is 5.82. The summed E-state index contributed by atoms with van der Waals surface area (Å²) < 4.78 is 0. The third kappa shape index (κ3) is 3.23. The van der Waals surface area contributed by atoms with Crippen molar-refractivity contribution in [3.8, 4) is 0 Å². The molecule has 0 bridgehead atoms. The number of fused-ring (bicyclic) bond motifs is 1. The molecule has 1 aliphatic carbocycles. The largest absolute Gasteiger partial charge is 0.480 e. The van der Waals surface area contributed by atoms with Crippen molar-refractivity contribution in [1.29, 1.82) is 0 Å². The first kappa shape index (κ1) is 12.5. The highest BCUT2D eigenvalue weighted by Crippen LogP contribution is 2.27. The maximum Gasteiger partial charge on any atom is 0.320 e. The lowest BCUT2D eigenvalue weighted by Gasteiger charge is -2.07. The molecule has 0 amide bonds. The molecule has 0 saturated heterocycles. The number of thioether (sulfide) groups is 1. The zero-order valence-electron chi connectivity index (χ0n) is 9.69. The van der Waals surface area contributed by atoms with E-state index in [9.17, 15) is 4.79 Å². The summed E-state index contributed by atoms with van der Waals surface area (Å²) >= 11 is 1.69. The average molecular weight is 251 g/mol. The SMILES string of the molecule is NC(CCSc1ccc2c(c1)CCC2)C(=O)O. The summed E-state index contributed by atoms with van der Waals surface area (Å²) in [6.45, 7) is 0. The summed E-state index contributed by atoms with van der Waals surface area (Å²) in [5, 5.41) is 8.67. The molecular formula is C13H17NO2S. The summed E-state index contributed by atoms with van der Waals surface area (Å²) in [5.74, 6) is -0.161. The average Bonchev–Trinajstić information content (AvgIpc) is 2.75. The smallest absolute Gasteiger partial charge is 0.320 e. The first-order chi connectivity index (χ1) is 8.16. The second-order valence-corrected chi connectivity index (χ2v) is 5.53. The Labute approximate surface area is 105 Å². The van der Waals surface area contributed by atoms with Crippen LogP contribution in [-0.2, 0) is 17.6 Å². The molecule has 1 unspecified atom stereocenters. The number of benzene rings is 1. The predicted octanol–water partition coefficient (Wildman–Crippen LogP) is 2.07. The molecule has 0 spiro atoms. The lowest BCUT2D eigenvalue weighted by Crippen LogP contribution is -2.30. The first-order valence-electron chi connectivity index (χ1n) is 5.90. The van der Waals surface area contributed by atoms with Crippen molar-refractivity contribution in [3.05, 3.63) is 29.3 Å². The van der Waals surface area contributed by atoms with Crippen LogP contribution in [0.2, 0.25) is 0 Å². The molecular weight excluding hydrogens is 234 g/mol. The fourth-order valence-corrected chi connectivity index (χ4v) is 3.06. The van der Waals surface area contributed by atoms with Crippen LogP contribution in [0.4, 0.5) is 0 Å². The van der Waals surface area contributed by atoms with E-state index < -0.39 is 12.0 Å². The van der Waals surface area contributed by atoms with Crippen molar-refractivity contribution in [2.45, 2.75) is 36.6 Å². The van der Waals surface area contributed by atoms with Crippen LogP contribution < -0.4 is 5.73 Å². The Balaban J connectivity index is 1.85. The number of carboxylic acid groups (broad SMARTS) is 1. The van der Waals surface area contributed by atoms with Crippen molar-refractivity contribution in [2.75, 3.05) is 5.75 Å². The molecule has 3 nitrogen and oxygen atoms in total. The molecule has 1 aromatic carbocycles. The van der Waals surface area contributed by atoms with E-state index >= 15 is 0 Å². The molecule has 0 heterocycles. The monoisotopic (exact) mass is 251 g/mol. The summed E-state index contributed by atoms with van der Waals surface area (Å²) in [6.07, 6.45) is 4.15. The van der Waals surface area contributed by atoms with Crippen LogP contribution in [0.3, 0.4) is 0 Å². The highest BCUT2D eigenvalue weighted by atomic mass is 32.2. The van der Waals surface area contributed by atoms with Gasteiger partial charge >= 0.3 is 5.97 Å². The zero-order valence-corrected chi connectivity index (χ0v) is 10.5. The Morgan fingerprint density at radius 1 is 1.41 bits per heavy atom. The van der Waals surface area contributed by atoms with E-state index in [2.05, 4.69) is 18.2 Å². The number of carboxylic acids is 1. The number of aliphatic carboxylic acids is 1. The molecule has 1 aromatic rings. The molecule has 17 heavy (non-hydrogen) atoms. The van der Waals surface area contributed by atoms with Crippen LogP contribution in [0, 0.1) is 0 Å². The molecule has 3 N–H and O–H groups in total. The summed E-state index contributed by atoms with van der Waals surface area (Å²) in [5.41, 5.74) is 8.38. The van der Waals surface area contributed by atoms with E-state index in [1.807, 2.05) is 0 Å². The van der Waals surface area contributed by atoms with Gasteiger partial charge in [0.25, 0.3) is 0 Å². The highest BCUT2D eigenvalue weighted by Gasteiger charge is 2.13. The van der Waals surface area contributed by atoms with Gasteiger partial charge in [-0.2, -0.15) is 0 Å². The molecule has 0 fully saturated rings. The lowest BCUT2D eigenvalue weighted by atomic mass is 10.1. The molecule has 0 saturated carbocycles. The number of aryl methyl sites for hydroxylation is 2. The Bertz CT molecular complexity index is 420. The summed E-state index contributed by atoms with van der Waals surface area (Å²) in [4.78, 5) is 11.8. The Morgan fingerprint density at radius 2 is 2.18 bits per heavy atom. The van der Waals surface area contributed by atoms with Crippen molar-refractivity contribution in [1.82, 2.24) is 0 Å². The quantitative estimate of drug-likeness (QED) is 0.786. The van der Waals surface area contributed by atoms with Gasteiger partial charge in [-0.05, 0) is 48.9 Å². The lowest BCUT2D eigenvalue weighted by molar-refractivity contribution is -0.138. The highest BCUT2D eigenvalue weighted by molar-refractivity contribution is 7.99. The van der Waals surface area contributed by atoms with Gasteiger partial charge in [0.2, 0.25) is 0 Å². The van der Waals surface area contributed by atoms with Gasteiger partial charge in [0.1, 0.15) is 6.04 Å². The standard InChI is InChI=1S/C13H17NO2S/c14-12(13(15)16)6-7-17-11-5-4-9-2-1-3-10(9)8-11/h4-5,8,12H,1-3,6-7,14H2,(H,15,16). The van der Waals surface area contributed by atoms with E-state index in [4.69, 9.17) is 10.8 Å². The topological polar surface area (TPSA) is 63.3 Å². The van der Waals surface area contributed by atoms with Gasteiger partial charge in [0, 0.05) is 10.6 Å². The number of nitrogens with two attached hydrogens (primary N) is 1. The number of rotatable bonds is 5. The first-order valence-corrected chi connectivity index (χ1v) is 6.88. The van der Waals surface area contributed by atoms with Gasteiger partial charge in [0.05, 0.1) is 0 Å². The molecule has 1 atom stereocenters. The summed E-state index contributed by atoms with van der Waals surface area (Å²) in [7, 11) is 0. The van der Waals surface area contributed by atoms with Crippen molar-refractivity contribution >= 4 is 17.7 Å². The van der Waals surface area contributed by atoms with E-state index in [1.165, 1.54) is 35.3 Å². The molecule has 0 aromatic heterocycles. The third-order valence-electron chi connectivity index (χ3n) is 3.08.